The second-order valence-electron chi connectivity index (χ2n) is 10.4. The zero-order chi connectivity index (χ0) is 25.5. The Morgan fingerprint density at radius 2 is 1.32 bits per heavy atom. The van der Waals surface area contributed by atoms with E-state index in [9.17, 15) is 5.26 Å². The first-order valence-electron chi connectivity index (χ1n) is 13.5. The Bertz CT molecular complexity index is 1630. The van der Waals surface area contributed by atoms with Crippen molar-refractivity contribution in [3.8, 4) is 51.1 Å². The largest absolute Gasteiger partial charge is 0.228 e. The van der Waals surface area contributed by atoms with Crippen LogP contribution in [0.5, 0.6) is 0 Å². The molecule has 1 spiro atoms. The van der Waals surface area contributed by atoms with Crippen LogP contribution in [0.15, 0.2) is 103 Å². The normalized spacial score (nSPS) is 15.0. The Labute approximate surface area is 223 Å². The maximum Gasteiger partial charge on any atom is 0.160 e. The van der Waals surface area contributed by atoms with E-state index in [4.69, 9.17) is 9.97 Å². The van der Waals surface area contributed by atoms with Gasteiger partial charge >= 0.3 is 0 Å². The maximum absolute atomic E-state index is 9.72. The molecule has 3 heteroatoms. The summed E-state index contributed by atoms with van der Waals surface area (Å²) in [5.74, 6) is 0.727. The minimum Gasteiger partial charge on any atom is -0.228 e. The van der Waals surface area contributed by atoms with Crippen molar-refractivity contribution in [2.45, 2.75) is 37.5 Å². The lowest BCUT2D eigenvalue weighted by Gasteiger charge is -2.36. The first kappa shape index (κ1) is 22.6. The predicted octanol–water partition coefficient (Wildman–Crippen LogP) is 8.58. The number of hydrogen-bond donors (Lipinski definition) is 0. The molecule has 2 aliphatic rings. The summed E-state index contributed by atoms with van der Waals surface area (Å²) >= 11 is 0. The molecule has 0 N–H and O–H groups in total. The van der Waals surface area contributed by atoms with Gasteiger partial charge in [0.1, 0.15) is 0 Å². The van der Waals surface area contributed by atoms with E-state index in [1.54, 1.807) is 0 Å². The molecule has 7 rings (SSSR count). The van der Waals surface area contributed by atoms with Crippen LogP contribution in [0.2, 0.25) is 0 Å². The number of benzene rings is 4. The molecule has 0 unspecified atom stereocenters. The fraction of sp³-hybridized carbons (Fsp3) is 0.171. The third kappa shape index (κ3) is 3.56. The Morgan fingerprint density at radius 3 is 2.05 bits per heavy atom. The second-order valence-corrected chi connectivity index (χ2v) is 10.4. The van der Waals surface area contributed by atoms with Crippen LogP contribution >= 0.6 is 0 Å². The summed E-state index contributed by atoms with van der Waals surface area (Å²) in [5, 5.41) is 9.72. The van der Waals surface area contributed by atoms with Crippen LogP contribution in [-0.4, -0.2) is 9.97 Å². The molecule has 0 saturated heterocycles. The SMILES string of the molecule is N#Cc1ccc2c(c1)C1(CCCCC1)c1cccc(-c3cc(-c4ccccc4)nc(-c4ccccc4)n3)c1-2. The van der Waals surface area contributed by atoms with Crippen LogP contribution < -0.4 is 0 Å². The van der Waals surface area contributed by atoms with E-state index in [2.05, 4.69) is 78.9 Å². The number of rotatable bonds is 3. The van der Waals surface area contributed by atoms with Gasteiger partial charge in [-0.25, -0.2) is 9.97 Å². The van der Waals surface area contributed by atoms with Gasteiger partial charge in [0, 0.05) is 22.1 Å². The van der Waals surface area contributed by atoms with Gasteiger partial charge in [-0.05, 0) is 53.3 Å². The van der Waals surface area contributed by atoms with Crippen molar-refractivity contribution in [1.82, 2.24) is 9.97 Å². The van der Waals surface area contributed by atoms with Crippen LogP contribution in [0.1, 0.15) is 48.8 Å². The van der Waals surface area contributed by atoms with Gasteiger partial charge in [0.25, 0.3) is 0 Å². The summed E-state index contributed by atoms with van der Waals surface area (Å²) in [6.07, 6.45) is 5.95. The van der Waals surface area contributed by atoms with E-state index in [0.29, 0.717) is 0 Å². The van der Waals surface area contributed by atoms with Crippen molar-refractivity contribution in [3.63, 3.8) is 0 Å². The summed E-state index contributed by atoms with van der Waals surface area (Å²) in [7, 11) is 0. The number of aromatic nitrogens is 2. The molecular weight excluding hydrogens is 462 g/mol. The fourth-order valence-electron chi connectivity index (χ4n) is 6.58. The number of hydrogen-bond acceptors (Lipinski definition) is 3. The van der Waals surface area contributed by atoms with Crippen LogP contribution in [0.25, 0.3) is 45.0 Å². The molecule has 0 bridgehead atoms. The molecule has 1 saturated carbocycles. The highest BCUT2D eigenvalue weighted by Gasteiger charge is 2.44. The van der Waals surface area contributed by atoms with Gasteiger partial charge in [-0.15, -0.1) is 0 Å². The molecule has 1 fully saturated rings. The lowest BCUT2D eigenvalue weighted by atomic mass is 9.67. The van der Waals surface area contributed by atoms with Crippen LogP contribution in [0.4, 0.5) is 0 Å². The van der Waals surface area contributed by atoms with Crippen molar-refractivity contribution in [2.24, 2.45) is 0 Å². The molecule has 0 atom stereocenters. The molecule has 5 aromatic rings. The van der Waals surface area contributed by atoms with E-state index in [1.807, 2.05) is 30.3 Å². The quantitative estimate of drug-likeness (QED) is 0.255. The standard InChI is InChI=1S/C35H27N3/c36-23-24-17-18-27-30(21-24)35(19-8-3-9-20-35)29-16-10-15-28(33(27)29)32-22-31(25-11-4-1-5-12-25)37-34(38-32)26-13-6-2-7-14-26/h1-2,4-7,10-18,21-22H,3,8-9,19-20H2. The van der Waals surface area contributed by atoms with Crippen molar-refractivity contribution >= 4 is 0 Å². The molecule has 2 aliphatic carbocycles. The zero-order valence-electron chi connectivity index (χ0n) is 21.2. The minimum atomic E-state index is -0.0245. The topological polar surface area (TPSA) is 49.6 Å². The molecule has 38 heavy (non-hydrogen) atoms. The van der Waals surface area contributed by atoms with Crippen LogP contribution in [-0.2, 0) is 5.41 Å². The van der Waals surface area contributed by atoms with Gasteiger partial charge in [-0.2, -0.15) is 5.26 Å². The predicted molar refractivity (Wildman–Crippen MR) is 152 cm³/mol. The third-order valence-corrected chi connectivity index (χ3v) is 8.32. The first-order chi connectivity index (χ1) is 18.8. The van der Waals surface area contributed by atoms with Crippen LogP contribution in [0, 0.1) is 11.3 Å². The molecule has 0 amide bonds. The smallest absolute Gasteiger partial charge is 0.160 e. The highest BCUT2D eigenvalue weighted by molar-refractivity contribution is 5.93. The average molecular weight is 490 g/mol. The van der Waals surface area contributed by atoms with Gasteiger partial charge < -0.3 is 0 Å². The molecule has 3 nitrogen and oxygen atoms in total. The van der Waals surface area contributed by atoms with E-state index in [0.717, 1.165) is 52.3 Å². The monoisotopic (exact) mass is 489 g/mol. The molecular formula is C35H27N3. The highest BCUT2D eigenvalue weighted by Crippen LogP contribution is 2.58. The fourth-order valence-corrected chi connectivity index (χ4v) is 6.58. The van der Waals surface area contributed by atoms with Gasteiger partial charge in [0.05, 0.1) is 23.0 Å². The van der Waals surface area contributed by atoms with Crippen molar-refractivity contribution < 1.29 is 0 Å². The van der Waals surface area contributed by atoms with Gasteiger partial charge in [-0.3, -0.25) is 0 Å². The van der Waals surface area contributed by atoms with E-state index in [1.165, 1.54) is 41.5 Å². The van der Waals surface area contributed by atoms with Crippen LogP contribution in [0.3, 0.4) is 0 Å². The third-order valence-electron chi connectivity index (χ3n) is 8.32. The lowest BCUT2D eigenvalue weighted by Crippen LogP contribution is -2.28. The molecule has 0 aliphatic heterocycles. The molecule has 1 aromatic heterocycles. The number of nitriles is 1. The van der Waals surface area contributed by atoms with Crippen molar-refractivity contribution in [2.75, 3.05) is 0 Å². The zero-order valence-corrected chi connectivity index (χ0v) is 21.2. The van der Waals surface area contributed by atoms with Crippen molar-refractivity contribution in [3.05, 3.63) is 120 Å². The van der Waals surface area contributed by atoms with Gasteiger partial charge in [0.15, 0.2) is 5.82 Å². The van der Waals surface area contributed by atoms with E-state index >= 15 is 0 Å². The molecule has 1 heterocycles. The maximum atomic E-state index is 9.72. The van der Waals surface area contributed by atoms with Gasteiger partial charge in [-0.1, -0.05) is 104 Å². The van der Waals surface area contributed by atoms with Crippen molar-refractivity contribution in [1.29, 1.82) is 5.26 Å². The van der Waals surface area contributed by atoms with Gasteiger partial charge in [0.2, 0.25) is 0 Å². The lowest BCUT2D eigenvalue weighted by molar-refractivity contribution is 0.353. The summed E-state index contributed by atoms with van der Waals surface area (Å²) in [5.41, 5.74) is 11.0. The first-order valence-corrected chi connectivity index (χ1v) is 13.5. The summed E-state index contributed by atoms with van der Waals surface area (Å²) < 4.78 is 0. The molecule has 4 aromatic carbocycles. The minimum absolute atomic E-state index is 0.0245. The highest BCUT2D eigenvalue weighted by atomic mass is 14.9. The van der Waals surface area contributed by atoms with E-state index in [-0.39, 0.29) is 5.41 Å². The van der Waals surface area contributed by atoms with E-state index < -0.39 is 0 Å². The number of fused-ring (bicyclic) bond motifs is 5. The Morgan fingerprint density at radius 1 is 0.605 bits per heavy atom. The summed E-state index contributed by atoms with van der Waals surface area (Å²) in [6.45, 7) is 0. The second kappa shape index (κ2) is 9.08. The number of nitrogens with zero attached hydrogens (tertiary/aromatic N) is 3. The Hall–Kier alpha value is -4.55. The molecule has 182 valence electrons. The molecule has 0 radical (unpaired) electrons. The summed E-state index contributed by atoms with van der Waals surface area (Å²) in [6, 6.07) is 38.1. The summed E-state index contributed by atoms with van der Waals surface area (Å²) in [4.78, 5) is 10.1. The Kier molecular flexibility index (Phi) is 5.41. The Balaban J connectivity index is 1.49. The average Bonchev–Trinajstić information content (AvgIpc) is 3.26.